The van der Waals surface area contributed by atoms with Gasteiger partial charge < -0.3 is 14.8 Å². The van der Waals surface area contributed by atoms with Crippen LogP contribution in [0.5, 0.6) is 0 Å². The van der Waals surface area contributed by atoms with E-state index < -0.39 is 12.2 Å². The molecule has 0 atom stereocenters. The van der Waals surface area contributed by atoms with Crippen LogP contribution in [0.4, 0.5) is 15.3 Å². The maximum absolute atomic E-state index is 13.2. The number of aromatic nitrogens is 4. The molecular weight excluding hydrogens is 719 g/mol. The maximum Gasteiger partial charge on any atom is 0.419 e. The van der Waals surface area contributed by atoms with E-state index in [2.05, 4.69) is 60.0 Å². The van der Waals surface area contributed by atoms with Crippen LogP contribution in [0.25, 0.3) is 0 Å². The summed E-state index contributed by atoms with van der Waals surface area (Å²) in [5, 5.41) is 3.02. The quantitative estimate of drug-likeness (QED) is 0.0620. The molecule has 0 fully saturated rings. The molecule has 0 bridgehead atoms. The van der Waals surface area contributed by atoms with Crippen LogP contribution in [-0.4, -0.2) is 73.3 Å². The molecule has 57 heavy (non-hydrogen) atoms. The number of benzene rings is 2. The number of ether oxygens (including phenoxy) is 2. The molecule has 0 spiro atoms. The first-order chi connectivity index (χ1) is 27.8. The van der Waals surface area contributed by atoms with Crippen LogP contribution >= 0.6 is 0 Å². The maximum atomic E-state index is 13.2. The second-order valence-electron chi connectivity index (χ2n) is 14.8. The summed E-state index contributed by atoms with van der Waals surface area (Å²) in [5.41, 5.74) is 3.43. The lowest BCUT2D eigenvalue weighted by Crippen LogP contribution is -2.28. The largest absolute Gasteiger partial charge is 0.449 e. The highest BCUT2D eigenvalue weighted by Gasteiger charge is 2.20. The van der Waals surface area contributed by atoms with Gasteiger partial charge in [-0.1, -0.05) is 103 Å². The van der Waals surface area contributed by atoms with Crippen molar-refractivity contribution in [2.75, 3.05) is 31.6 Å². The number of carbonyl (C=O) groups is 3. The lowest BCUT2D eigenvalue weighted by Gasteiger charge is -2.22. The summed E-state index contributed by atoms with van der Waals surface area (Å²) in [7, 11) is 0. The molecule has 12 heteroatoms. The van der Waals surface area contributed by atoms with Crippen molar-refractivity contribution in [3.8, 4) is 0 Å². The molecule has 4 aromatic rings. The van der Waals surface area contributed by atoms with E-state index in [0.717, 1.165) is 95.1 Å². The summed E-state index contributed by atoms with van der Waals surface area (Å²) < 4.78 is 14.1. The highest BCUT2D eigenvalue weighted by molar-refractivity contribution is 6.04. The summed E-state index contributed by atoms with van der Waals surface area (Å²) in [4.78, 5) is 53.0. The van der Waals surface area contributed by atoms with Crippen LogP contribution in [0.2, 0.25) is 0 Å². The molecule has 2 heterocycles. The minimum Gasteiger partial charge on any atom is -0.449 e. The number of anilines is 1. The van der Waals surface area contributed by atoms with Crippen LogP contribution in [0.1, 0.15) is 138 Å². The zero-order valence-electron chi connectivity index (χ0n) is 34.8. The number of hydrogen-bond donors (Lipinski definition) is 1. The Kier molecular flexibility index (Phi) is 20.0. The third-order valence-corrected chi connectivity index (χ3v) is 9.83. The predicted octanol–water partition coefficient (Wildman–Crippen LogP) is 10.1. The predicted molar refractivity (Wildman–Crippen MR) is 225 cm³/mol. The Balaban J connectivity index is 1.43. The summed E-state index contributed by atoms with van der Waals surface area (Å²) in [5.74, 6) is 0.815. The second-order valence-corrected chi connectivity index (χ2v) is 14.8. The average molecular weight is 784 g/mol. The van der Waals surface area contributed by atoms with E-state index in [0.29, 0.717) is 37.0 Å². The summed E-state index contributed by atoms with van der Waals surface area (Å²) in [6.07, 6.45) is 18.3. The molecule has 0 radical (unpaired) electrons. The van der Waals surface area contributed by atoms with Gasteiger partial charge in [0.25, 0.3) is 5.91 Å². The summed E-state index contributed by atoms with van der Waals surface area (Å²) in [6.45, 7) is 13.4. The fourth-order valence-electron chi connectivity index (χ4n) is 6.75. The number of unbranched alkanes of at least 4 members (excludes halogenated alkanes) is 8. The fraction of sp³-hybridized carbons (Fsp3) is 0.533. The lowest BCUT2D eigenvalue weighted by molar-refractivity contribution is 0.102. The smallest absolute Gasteiger partial charge is 0.419 e. The van der Waals surface area contributed by atoms with Crippen molar-refractivity contribution in [1.29, 1.82) is 0 Å². The van der Waals surface area contributed by atoms with E-state index in [1.807, 2.05) is 41.3 Å². The molecule has 1 N–H and O–H groups in total. The Labute approximate surface area is 340 Å². The van der Waals surface area contributed by atoms with Gasteiger partial charge in [-0.25, -0.2) is 28.7 Å². The number of rotatable bonds is 26. The molecule has 2 aromatic heterocycles. The first-order valence-corrected chi connectivity index (χ1v) is 21.2. The first-order valence-electron chi connectivity index (χ1n) is 21.2. The Morgan fingerprint density at radius 2 is 1.02 bits per heavy atom. The van der Waals surface area contributed by atoms with Crippen molar-refractivity contribution in [2.24, 2.45) is 0 Å². The third-order valence-electron chi connectivity index (χ3n) is 9.83. The number of imidazole rings is 2. The molecule has 0 unspecified atom stereocenters. The van der Waals surface area contributed by atoms with E-state index in [9.17, 15) is 14.4 Å². The minimum atomic E-state index is -0.470. The molecule has 0 saturated carbocycles. The third kappa shape index (κ3) is 15.6. The molecule has 4 rings (SSSR count). The van der Waals surface area contributed by atoms with Gasteiger partial charge in [0.05, 0.1) is 26.3 Å². The van der Waals surface area contributed by atoms with Crippen LogP contribution < -0.4 is 5.32 Å². The van der Waals surface area contributed by atoms with Gasteiger partial charge in [-0.05, 0) is 74.2 Å². The van der Waals surface area contributed by atoms with Crippen molar-refractivity contribution in [1.82, 2.24) is 28.9 Å². The topological polar surface area (TPSA) is 124 Å². The lowest BCUT2D eigenvalue weighted by atomic mass is 10.1. The van der Waals surface area contributed by atoms with Crippen LogP contribution in [0.3, 0.4) is 0 Å². The minimum absolute atomic E-state index is 0.193. The van der Waals surface area contributed by atoms with Gasteiger partial charge >= 0.3 is 12.2 Å². The standard InChI is InChI=1S/C45H65N7O5/c1-5-9-11-13-15-31-56-44(54)51-29-25-46-41(51)35-50(36-42-47-26-30-52(42)45(55)57-32-16-14-12-10-6-2)34-37-17-21-39(22-18-37)43(53)48-40-23-19-38(20-24-40)33-49(27-7-3)28-8-4/h17-26,29-30H,5-16,27-28,31-36H2,1-4H3,(H,48,53). The zero-order chi connectivity index (χ0) is 40.7. The summed E-state index contributed by atoms with van der Waals surface area (Å²) in [6, 6.07) is 15.5. The fourth-order valence-corrected chi connectivity index (χ4v) is 6.75. The van der Waals surface area contributed by atoms with E-state index in [1.165, 1.54) is 27.5 Å². The number of nitrogens with zero attached hydrogens (tertiary/aromatic N) is 6. The van der Waals surface area contributed by atoms with Crippen LogP contribution in [0, 0.1) is 0 Å². The molecule has 0 saturated heterocycles. The highest BCUT2D eigenvalue weighted by atomic mass is 16.6. The zero-order valence-corrected chi connectivity index (χ0v) is 34.8. The number of nitrogens with one attached hydrogen (secondary N) is 1. The Morgan fingerprint density at radius 1 is 0.561 bits per heavy atom. The Hall–Kier alpha value is -4.81. The average Bonchev–Trinajstić information content (AvgIpc) is 3.88. The van der Waals surface area contributed by atoms with Crippen molar-refractivity contribution in [3.05, 3.63) is 102 Å². The van der Waals surface area contributed by atoms with Gasteiger partial charge in [-0.3, -0.25) is 14.6 Å². The molecule has 0 aliphatic heterocycles. The second kappa shape index (κ2) is 25.4. The molecule has 310 valence electrons. The number of carbonyl (C=O) groups excluding carboxylic acids is 3. The number of amides is 1. The Morgan fingerprint density at radius 3 is 1.49 bits per heavy atom. The van der Waals surface area contributed by atoms with Gasteiger partial charge in [-0.15, -0.1) is 0 Å². The van der Waals surface area contributed by atoms with E-state index >= 15 is 0 Å². The van der Waals surface area contributed by atoms with Gasteiger partial charge in [0.2, 0.25) is 0 Å². The van der Waals surface area contributed by atoms with Gasteiger partial charge in [0.1, 0.15) is 11.6 Å². The highest BCUT2D eigenvalue weighted by Crippen LogP contribution is 2.18. The van der Waals surface area contributed by atoms with Gasteiger partial charge in [0, 0.05) is 49.1 Å². The molecule has 2 aromatic carbocycles. The van der Waals surface area contributed by atoms with Crippen molar-refractivity contribution >= 4 is 23.8 Å². The summed E-state index contributed by atoms with van der Waals surface area (Å²) >= 11 is 0. The molecule has 0 aliphatic rings. The molecule has 12 nitrogen and oxygen atoms in total. The molecule has 1 amide bonds. The van der Waals surface area contributed by atoms with Gasteiger partial charge in [0.15, 0.2) is 0 Å². The van der Waals surface area contributed by atoms with Crippen LogP contribution in [0.15, 0.2) is 73.3 Å². The van der Waals surface area contributed by atoms with Crippen molar-refractivity contribution < 1.29 is 23.9 Å². The normalized spacial score (nSPS) is 11.3. The molecule has 0 aliphatic carbocycles. The Bertz CT molecular complexity index is 1680. The number of hydrogen-bond acceptors (Lipinski definition) is 9. The van der Waals surface area contributed by atoms with Crippen molar-refractivity contribution in [2.45, 2.75) is 131 Å². The van der Waals surface area contributed by atoms with Gasteiger partial charge in [-0.2, -0.15) is 0 Å². The monoisotopic (exact) mass is 784 g/mol. The molecular formula is C45H65N7O5. The van der Waals surface area contributed by atoms with Crippen molar-refractivity contribution in [3.63, 3.8) is 0 Å². The first kappa shape index (κ1) is 44.9. The van der Waals surface area contributed by atoms with E-state index in [1.54, 1.807) is 24.8 Å². The van der Waals surface area contributed by atoms with E-state index in [-0.39, 0.29) is 19.0 Å². The van der Waals surface area contributed by atoms with Crippen LogP contribution in [-0.2, 0) is 35.7 Å². The SMILES string of the molecule is CCCCCCCOC(=O)n1ccnc1CN(Cc1ccc(C(=O)Nc2ccc(CN(CCC)CCC)cc2)cc1)Cc1nccn1C(=O)OCCCCCCC. The van der Waals surface area contributed by atoms with E-state index in [4.69, 9.17) is 9.47 Å².